The highest BCUT2D eigenvalue weighted by molar-refractivity contribution is 5.79. The maximum absolute atomic E-state index is 11.0. The zero-order valence-corrected chi connectivity index (χ0v) is 9.11. The Bertz CT molecular complexity index is 723. The van der Waals surface area contributed by atoms with Crippen molar-refractivity contribution in [1.82, 2.24) is 9.97 Å². The minimum absolute atomic E-state index is 0.142. The summed E-state index contributed by atoms with van der Waals surface area (Å²) in [6, 6.07) is 10.3. The lowest BCUT2D eigenvalue weighted by Gasteiger charge is -2.00. The molecule has 6 heteroatoms. The van der Waals surface area contributed by atoms with E-state index in [4.69, 9.17) is 4.42 Å². The predicted molar refractivity (Wildman–Crippen MR) is 63.9 cm³/mol. The molecule has 0 radical (unpaired) electrons. The number of nitrogens with zero attached hydrogens (tertiary/aromatic N) is 3. The average Bonchev–Trinajstić information content (AvgIpc) is 2.91. The van der Waals surface area contributed by atoms with Crippen LogP contribution in [0.25, 0.3) is 22.5 Å². The lowest BCUT2D eigenvalue weighted by molar-refractivity contribution is -0.388. The maximum atomic E-state index is 11.0. The number of furan rings is 1. The van der Waals surface area contributed by atoms with Crippen LogP contribution in [-0.2, 0) is 0 Å². The largest absolute Gasteiger partial charge is 0.462 e. The zero-order valence-electron chi connectivity index (χ0n) is 9.11. The third-order valence-electron chi connectivity index (χ3n) is 2.48. The van der Waals surface area contributed by atoms with Gasteiger partial charge in [-0.2, -0.15) is 0 Å². The van der Waals surface area contributed by atoms with Gasteiger partial charge in [-0.25, -0.2) is 4.98 Å². The van der Waals surface area contributed by atoms with E-state index < -0.39 is 4.92 Å². The molecule has 0 bridgehead atoms. The van der Waals surface area contributed by atoms with E-state index in [2.05, 4.69) is 9.97 Å². The number of fused-ring (bicyclic) bond motifs is 1. The quantitative estimate of drug-likeness (QED) is 0.509. The van der Waals surface area contributed by atoms with Gasteiger partial charge in [-0.05, 0) is 34.2 Å². The van der Waals surface area contributed by atoms with Gasteiger partial charge in [0.2, 0.25) is 11.2 Å². The maximum Gasteiger partial charge on any atom is 0.394 e. The second kappa shape index (κ2) is 3.92. The summed E-state index contributed by atoms with van der Waals surface area (Å²) >= 11 is 0. The van der Waals surface area contributed by atoms with Crippen LogP contribution in [-0.4, -0.2) is 14.9 Å². The van der Waals surface area contributed by atoms with Gasteiger partial charge in [0, 0.05) is 0 Å². The Kier molecular flexibility index (Phi) is 2.26. The molecule has 0 spiro atoms. The third kappa shape index (κ3) is 1.60. The molecule has 0 saturated carbocycles. The molecule has 0 fully saturated rings. The Morgan fingerprint density at radius 2 is 1.78 bits per heavy atom. The van der Waals surface area contributed by atoms with E-state index in [1.165, 1.54) is 6.26 Å². The fourth-order valence-corrected chi connectivity index (χ4v) is 1.70. The molecule has 0 atom stereocenters. The van der Waals surface area contributed by atoms with Gasteiger partial charge in [0.05, 0.1) is 6.26 Å². The molecule has 88 valence electrons. The molecule has 6 nitrogen and oxygen atoms in total. The first kappa shape index (κ1) is 10.4. The molecule has 0 N–H and O–H groups in total. The molecule has 2 aromatic heterocycles. The third-order valence-corrected chi connectivity index (χ3v) is 2.48. The predicted octanol–water partition coefficient (Wildman–Crippen LogP) is 2.80. The van der Waals surface area contributed by atoms with Crippen LogP contribution in [0, 0.1) is 10.1 Å². The molecule has 0 aliphatic heterocycles. The van der Waals surface area contributed by atoms with Crippen molar-refractivity contribution in [2.75, 3.05) is 0 Å². The standard InChI is InChI=1S/C12H7N3O3/c16-15(17)12-11(10-6-3-7-18-10)13-8-4-1-2-5-9(8)14-12/h1-7H. The highest BCUT2D eigenvalue weighted by Gasteiger charge is 2.22. The summed E-state index contributed by atoms with van der Waals surface area (Å²) in [6.45, 7) is 0. The normalized spacial score (nSPS) is 10.7. The molecule has 3 aromatic rings. The van der Waals surface area contributed by atoms with Gasteiger partial charge in [-0.15, -0.1) is 0 Å². The van der Waals surface area contributed by atoms with Crippen LogP contribution in [0.15, 0.2) is 47.1 Å². The Hall–Kier alpha value is -2.76. The highest BCUT2D eigenvalue weighted by Crippen LogP contribution is 2.28. The SMILES string of the molecule is O=[N+]([O-])c1nc2ccccc2nc1-c1ccco1. The number of hydrogen-bond donors (Lipinski definition) is 0. The van der Waals surface area contributed by atoms with Crippen molar-refractivity contribution in [3.63, 3.8) is 0 Å². The first-order valence-corrected chi connectivity index (χ1v) is 5.21. The Balaban J connectivity index is 2.34. The van der Waals surface area contributed by atoms with E-state index >= 15 is 0 Å². The van der Waals surface area contributed by atoms with E-state index in [9.17, 15) is 10.1 Å². The molecule has 3 rings (SSSR count). The average molecular weight is 241 g/mol. The second-order valence-electron chi connectivity index (χ2n) is 3.62. The topological polar surface area (TPSA) is 82.1 Å². The van der Waals surface area contributed by atoms with Crippen LogP contribution in [0.1, 0.15) is 0 Å². The van der Waals surface area contributed by atoms with E-state index in [-0.39, 0.29) is 11.5 Å². The Morgan fingerprint density at radius 1 is 1.06 bits per heavy atom. The summed E-state index contributed by atoms with van der Waals surface area (Å²) in [4.78, 5) is 18.7. The van der Waals surface area contributed by atoms with E-state index in [0.29, 0.717) is 16.8 Å². The van der Waals surface area contributed by atoms with E-state index in [0.717, 1.165) is 0 Å². The fourth-order valence-electron chi connectivity index (χ4n) is 1.70. The van der Waals surface area contributed by atoms with Gasteiger partial charge in [0.15, 0.2) is 5.76 Å². The molecule has 1 aromatic carbocycles. The van der Waals surface area contributed by atoms with Crippen molar-refractivity contribution in [1.29, 1.82) is 0 Å². The van der Waals surface area contributed by atoms with Crippen LogP contribution in [0.3, 0.4) is 0 Å². The molecule has 18 heavy (non-hydrogen) atoms. The fraction of sp³-hybridized carbons (Fsp3) is 0. The van der Waals surface area contributed by atoms with Crippen LogP contribution in [0.5, 0.6) is 0 Å². The summed E-state index contributed by atoms with van der Waals surface area (Å²) in [7, 11) is 0. The summed E-state index contributed by atoms with van der Waals surface area (Å²) in [6.07, 6.45) is 1.44. The van der Waals surface area contributed by atoms with Crippen molar-refractivity contribution < 1.29 is 9.34 Å². The summed E-state index contributed by atoms with van der Waals surface area (Å²) in [5.41, 5.74) is 1.22. The number of para-hydroxylation sites is 2. The lowest BCUT2D eigenvalue weighted by Crippen LogP contribution is -1.98. The molecule has 0 aliphatic carbocycles. The minimum atomic E-state index is -0.558. The summed E-state index contributed by atoms with van der Waals surface area (Å²) in [5.74, 6) is 0.0311. The molecular formula is C12H7N3O3. The van der Waals surface area contributed by atoms with Crippen molar-refractivity contribution >= 4 is 16.9 Å². The number of aromatic nitrogens is 2. The number of nitro groups is 1. The molecule has 2 heterocycles. The first-order valence-electron chi connectivity index (χ1n) is 5.21. The van der Waals surface area contributed by atoms with Gasteiger partial charge in [-0.3, -0.25) is 0 Å². The van der Waals surface area contributed by atoms with Crippen molar-refractivity contribution in [2.24, 2.45) is 0 Å². The van der Waals surface area contributed by atoms with Crippen LogP contribution >= 0.6 is 0 Å². The van der Waals surface area contributed by atoms with Crippen LogP contribution in [0.2, 0.25) is 0 Å². The van der Waals surface area contributed by atoms with Gasteiger partial charge in [-0.1, -0.05) is 12.1 Å². The van der Waals surface area contributed by atoms with Crippen LogP contribution in [0.4, 0.5) is 5.82 Å². The van der Waals surface area contributed by atoms with Crippen LogP contribution < -0.4 is 0 Å². The zero-order chi connectivity index (χ0) is 12.5. The van der Waals surface area contributed by atoms with E-state index in [1.54, 1.807) is 36.4 Å². The second-order valence-corrected chi connectivity index (χ2v) is 3.62. The Morgan fingerprint density at radius 3 is 2.39 bits per heavy atom. The van der Waals surface area contributed by atoms with Crippen molar-refractivity contribution in [2.45, 2.75) is 0 Å². The minimum Gasteiger partial charge on any atom is -0.462 e. The highest BCUT2D eigenvalue weighted by atomic mass is 16.6. The monoisotopic (exact) mass is 241 g/mol. The molecule has 0 amide bonds. The summed E-state index contributed by atoms with van der Waals surface area (Å²) in [5, 5.41) is 11.0. The van der Waals surface area contributed by atoms with Gasteiger partial charge in [0.25, 0.3) is 0 Å². The van der Waals surface area contributed by atoms with Gasteiger partial charge in [0.1, 0.15) is 5.52 Å². The van der Waals surface area contributed by atoms with Gasteiger partial charge < -0.3 is 14.5 Å². The lowest BCUT2D eigenvalue weighted by atomic mass is 10.2. The molecule has 0 saturated heterocycles. The Labute approximate surface area is 101 Å². The number of rotatable bonds is 2. The first-order chi connectivity index (χ1) is 8.75. The summed E-state index contributed by atoms with van der Waals surface area (Å²) < 4.78 is 5.15. The van der Waals surface area contributed by atoms with Crippen molar-refractivity contribution in [3.05, 3.63) is 52.8 Å². The molecule has 0 aliphatic rings. The smallest absolute Gasteiger partial charge is 0.394 e. The van der Waals surface area contributed by atoms with Gasteiger partial charge >= 0.3 is 5.82 Å². The number of hydrogen-bond acceptors (Lipinski definition) is 5. The van der Waals surface area contributed by atoms with Crippen molar-refractivity contribution in [3.8, 4) is 11.5 Å². The molecule has 0 unspecified atom stereocenters. The number of benzene rings is 1. The molecular weight excluding hydrogens is 234 g/mol. The van der Waals surface area contributed by atoms with E-state index in [1.807, 2.05) is 0 Å².